The van der Waals surface area contributed by atoms with E-state index in [9.17, 15) is 0 Å². The minimum Gasteiger partial charge on any atom is -0.455 e. The molecule has 248 valence electrons. The molecule has 0 N–H and O–H groups in total. The highest BCUT2D eigenvalue weighted by atomic mass is 16.3. The van der Waals surface area contributed by atoms with Gasteiger partial charge in [-0.2, -0.15) is 0 Å². The quantitative estimate of drug-likeness (QED) is 0.176. The van der Waals surface area contributed by atoms with Gasteiger partial charge in [-0.15, -0.1) is 0 Å². The Balaban J connectivity index is 1.17. The fourth-order valence-corrected chi connectivity index (χ4v) is 7.30. The van der Waals surface area contributed by atoms with Crippen molar-refractivity contribution in [1.82, 2.24) is 15.0 Å². The predicted octanol–water partition coefficient (Wildman–Crippen LogP) is 12.9. The van der Waals surface area contributed by atoms with Gasteiger partial charge in [0.25, 0.3) is 0 Å². The van der Waals surface area contributed by atoms with E-state index < -0.39 is 0 Å². The van der Waals surface area contributed by atoms with Gasteiger partial charge in [-0.3, -0.25) is 0 Å². The van der Waals surface area contributed by atoms with Crippen LogP contribution in [0.1, 0.15) is 0 Å². The van der Waals surface area contributed by atoms with Gasteiger partial charge < -0.3 is 4.42 Å². The summed E-state index contributed by atoms with van der Waals surface area (Å²) >= 11 is 0. The predicted molar refractivity (Wildman–Crippen MR) is 217 cm³/mol. The van der Waals surface area contributed by atoms with Crippen LogP contribution in [0.15, 0.2) is 192 Å². The van der Waals surface area contributed by atoms with Crippen molar-refractivity contribution in [3.8, 4) is 67.5 Å². The van der Waals surface area contributed by atoms with Crippen LogP contribution in [0.4, 0.5) is 0 Å². The Morgan fingerprint density at radius 2 is 0.755 bits per heavy atom. The summed E-state index contributed by atoms with van der Waals surface area (Å²) in [5.74, 6) is 1.80. The molecule has 0 unspecified atom stereocenters. The van der Waals surface area contributed by atoms with Gasteiger partial charge in [-0.25, -0.2) is 15.0 Å². The average Bonchev–Trinajstić information content (AvgIpc) is 3.62. The lowest BCUT2D eigenvalue weighted by atomic mass is 9.95. The fraction of sp³-hybridized carbons (Fsp3) is 0. The van der Waals surface area contributed by atoms with Gasteiger partial charge in [0.1, 0.15) is 11.2 Å². The molecule has 4 heteroatoms. The minimum atomic E-state index is 0.581. The normalized spacial score (nSPS) is 11.4. The molecule has 0 bridgehead atoms. The Morgan fingerprint density at radius 1 is 0.283 bits per heavy atom. The van der Waals surface area contributed by atoms with Crippen molar-refractivity contribution in [2.75, 3.05) is 0 Å². The van der Waals surface area contributed by atoms with Crippen molar-refractivity contribution in [1.29, 1.82) is 0 Å². The Hall–Kier alpha value is -7.17. The Labute approximate surface area is 306 Å². The van der Waals surface area contributed by atoms with E-state index in [1.54, 1.807) is 0 Å². The van der Waals surface area contributed by atoms with Crippen LogP contribution in [0.2, 0.25) is 0 Å². The lowest BCUT2D eigenvalue weighted by Gasteiger charge is -2.12. The molecule has 2 heterocycles. The van der Waals surface area contributed by atoms with Crippen LogP contribution in [0.5, 0.6) is 0 Å². The third kappa shape index (κ3) is 5.63. The molecule has 0 radical (unpaired) electrons. The Morgan fingerprint density at radius 3 is 1.36 bits per heavy atom. The lowest BCUT2D eigenvalue weighted by Crippen LogP contribution is -2.00. The summed E-state index contributed by atoms with van der Waals surface area (Å²) in [7, 11) is 0. The van der Waals surface area contributed by atoms with Crippen molar-refractivity contribution in [2.24, 2.45) is 0 Å². The van der Waals surface area contributed by atoms with Crippen LogP contribution >= 0.6 is 0 Å². The average molecular weight is 678 g/mol. The smallest absolute Gasteiger partial charge is 0.164 e. The summed E-state index contributed by atoms with van der Waals surface area (Å²) in [4.78, 5) is 15.3. The molecule has 0 fully saturated rings. The molecule has 0 aliphatic heterocycles. The van der Waals surface area contributed by atoms with Gasteiger partial charge in [0.05, 0.1) is 0 Å². The molecule has 0 amide bonds. The second-order valence-corrected chi connectivity index (χ2v) is 13.2. The number of aromatic nitrogens is 3. The minimum absolute atomic E-state index is 0.581. The number of rotatable bonds is 6. The van der Waals surface area contributed by atoms with E-state index >= 15 is 0 Å². The van der Waals surface area contributed by atoms with Crippen LogP contribution in [0, 0.1) is 0 Å². The Bertz CT molecular complexity index is 2860. The van der Waals surface area contributed by atoms with Crippen molar-refractivity contribution in [2.45, 2.75) is 0 Å². The van der Waals surface area contributed by atoms with Crippen LogP contribution in [0.3, 0.4) is 0 Å². The van der Waals surface area contributed by atoms with E-state index in [2.05, 4.69) is 146 Å². The van der Waals surface area contributed by atoms with Crippen molar-refractivity contribution < 1.29 is 4.42 Å². The highest BCUT2D eigenvalue weighted by Crippen LogP contribution is 2.41. The molecule has 0 saturated heterocycles. The van der Waals surface area contributed by atoms with E-state index in [0.717, 1.165) is 71.7 Å². The van der Waals surface area contributed by atoms with Crippen molar-refractivity contribution in [3.63, 3.8) is 0 Å². The second-order valence-electron chi connectivity index (χ2n) is 13.2. The molecule has 53 heavy (non-hydrogen) atoms. The molecular formula is C49H31N3O. The van der Waals surface area contributed by atoms with E-state index in [4.69, 9.17) is 19.4 Å². The zero-order valence-corrected chi connectivity index (χ0v) is 28.6. The molecule has 0 atom stereocenters. The number of hydrogen-bond acceptors (Lipinski definition) is 4. The van der Waals surface area contributed by atoms with Gasteiger partial charge in [0.2, 0.25) is 0 Å². The first-order chi connectivity index (χ1) is 26.2. The second kappa shape index (κ2) is 12.9. The van der Waals surface area contributed by atoms with Crippen LogP contribution in [-0.4, -0.2) is 15.0 Å². The number of furan rings is 1. The van der Waals surface area contributed by atoms with Crippen molar-refractivity contribution in [3.05, 3.63) is 188 Å². The summed E-state index contributed by atoms with van der Waals surface area (Å²) in [5, 5.41) is 4.37. The van der Waals surface area contributed by atoms with Crippen LogP contribution in [0.25, 0.3) is 100 Å². The maximum atomic E-state index is 6.71. The molecule has 2 aromatic heterocycles. The maximum absolute atomic E-state index is 6.71. The third-order valence-corrected chi connectivity index (χ3v) is 9.89. The lowest BCUT2D eigenvalue weighted by molar-refractivity contribution is 0.673. The third-order valence-electron chi connectivity index (χ3n) is 9.89. The number of fused-ring (bicyclic) bond motifs is 5. The summed E-state index contributed by atoms with van der Waals surface area (Å²) in [6, 6.07) is 65.2. The zero-order chi connectivity index (χ0) is 35.1. The highest BCUT2D eigenvalue weighted by molar-refractivity contribution is 6.19. The van der Waals surface area contributed by atoms with E-state index in [1.807, 2.05) is 42.5 Å². The van der Waals surface area contributed by atoms with Crippen molar-refractivity contribution >= 4 is 32.7 Å². The molecule has 0 aliphatic rings. The monoisotopic (exact) mass is 677 g/mol. The summed E-state index contributed by atoms with van der Waals surface area (Å²) < 4.78 is 6.71. The molecular weight excluding hydrogens is 647 g/mol. The van der Waals surface area contributed by atoms with Gasteiger partial charge in [-0.1, -0.05) is 152 Å². The van der Waals surface area contributed by atoms with E-state index in [0.29, 0.717) is 17.5 Å². The molecule has 8 aromatic carbocycles. The van der Waals surface area contributed by atoms with Gasteiger partial charge in [0.15, 0.2) is 17.5 Å². The molecule has 0 aliphatic carbocycles. The van der Waals surface area contributed by atoms with E-state index in [1.165, 1.54) is 11.1 Å². The highest BCUT2D eigenvalue weighted by Gasteiger charge is 2.18. The SMILES string of the molecule is c1ccc(-c2cc(-c3ccccc3)cc(-c3nc(-c4ccccc4)nc(-c4ccc5c(c4)oc4c6ccccc6c(-c6ccccc6)cc54)n3)c2)cc1. The number of nitrogens with zero attached hydrogens (tertiary/aromatic N) is 3. The van der Waals surface area contributed by atoms with Gasteiger partial charge in [0, 0.05) is 32.8 Å². The zero-order valence-electron chi connectivity index (χ0n) is 28.6. The number of benzene rings is 8. The van der Waals surface area contributed by atoms with Crippen LogP contribution in [-0.2, 0) is 0 Å². The number of hydrogen-bond donors (Lipinski definition) is 0. The Kier molecular flexibility index (Phi) is 7.43. The van der Waals surface area contributed by atoms with Gasteiger partial charge >= 0.3 is 0 Å². The first-order valence-corrected chi connectivity index (χ1v) is 17.8. The summed E-state index contributed by atoms with van der Waals surface area (Å²) in [6.45, 7) is 0. The fourth-order valence-electron chi connectivity index (χ4n) is 7.30. The largest absolute Gasteiger partial charge is 0.455 e. The first-order valence-electron chi connectivity index (χ1n) is 17.8. The summed E-state index contributed by atoms with van der Waals surface area (Å²) in [5.41, 5.74) is 11.1. The standard InChI is InChI=1S/C49H31N3O/c1-5-15-32(16-6-1)37-27-38(33-17-7-2-8-18-33)29-39(28-37)49-51-47(35-21-11-4-12-22-35)50-48(52-49)36-25-26-41-44-31-43(34-19-9-3-10-20-34)40-23-13-14-24-42(40)46(44)53-45(41)30-36/h1-31H. The van der Waals surface area contributed by atoms with Gasteiger partial charge in [-0.05, 0) is 75.2 Å². The molecule has 0 saturated carbocycles. The topological polar surface area (TPSA) is 51.8 Å². The van der Waals surface area contributed by atoms with Crippen LogP contribution < -0.4 is 0 Å². The summed E-state index contributed by atoms with van der Waals surface area (Å²) in [6.07, 6.45) is 0. The van der Waals surface area contributed by atoms with E-state index in [-0.39, 0.29) is 0 Å². The maximum Gasteiger partial charge on any atom is 0.164 e. The first kappa shape index (κ1) is 30.6. The molecule has 0 spiro atoms. The molecule has 10 rings (SSSR count). The molecule has 10 aromatic rings. The molecule has 4 nitrogen and oxygen atoms in total.